The Bertz CT molecular complexity index is 1210. The average Bonchev–Trinajstić information content (AvgIpc) is 3.18. The van der Waals surface area contributed by atoms with Crippen molar-refractivity contribution in [2.75, 3.05) is 25.1 Å². The van der Waals surface area contributed by atoms with Crippen molar-refractivity contribution in [1.82, 2.24) is 4.31 Å². The van der Waals surface area contributed by atoms with Crippen LogP contribution in [-0.2, 0) is 27.7 Å². The number of hydrogen-bond acceptors (Lipinski definition) is 4. The van der Waals surface area contributed by atoms with E-state index in [1.54, 1.807) is 17.0 Å². The van der Waals surface area contributed by atoms with Crippen LogP contribution in [0.3, 0.4) is 0 Å². The summed E-state index contributed by atoms with van der Waals surface area (Å²) in [7, 11) is -2.35. The van der Waals surface area contributed by atoms with E-state index in [9.17, 15) is 13.2 Å². The van der Waals surface area contributed by atoms with Crippen LogP contribution in [-0.4, -0.2) is 44.9 Å². The smallest absolute Gasteiger partial charge is 0.243 e. The van der Waals surface area contributed by atoms with Crippen molar-refractivity contribution < 1.29 is 17.9 Å². The number of fused-ring (bicyclic) bond motifs is 1. The summed E-state index contributed by atoms with van der Waals surface area (Å²) in [5, 5.41) is 0. The fourth-order valence-corrected chi connectivity index (χ4v) is 5.64. The summed E-state index contributed by atoms with van der Waals surface area (Å²) in [4.78, 5) is 15.3. The molecule has 0 fully saturated rings. The van der Waals surface area contributed by atoms with Gasteiger partial charge in [-0.25, -0.2) is 8.42 Å². The minimum Gasteiger partial charge on any atom is -0.497 e. The molecule has 172 valence electrons. The maximum absolute atomic E-state index is 13.5. The fourth-order valence-electron chi connectivity index (χ4n) is 4.25. The standard InChI is InChI=1S/C26H28N2O4S/c1-20-18-22-10-6-7-11-25(22)28(20)26(29)19-27(17-16-21-8-4-3-5-9-21)33(30,31)24-14-12-23(32-2)13-15-24/h3-15,20H,16-19H2,1-2H3/t20-/m1/s1. The quantitative estimate of drug-likeness (QED) is 0.507. The van der Waals surface area contributed by atoms with Crippen LogP contribution >= 0.6 is 0 Å². The lowest BCUT2D eigenvalue weighted by atomic mass is 10.1. The topological polar surface area (TPSA) is 66.9 Å². The third kappa shape index (κ3) is 4.94. The molecule has 1 aliphatic heterocycles. The number of benzene rings is 3. The molecule has 1 amide bonds. The number of hydrogen-bond donors (Lipinski definition) is 0. The van der Waals surface area contributed by atoms with E-state index in [0.29, 0.717) is 12.2 Å². The van der Waals surface area contributed by atoms with Gasteiger partial charge in [-0.05, 0) is 61.2 Å². The molecule has 6 nitrogen and oxygen atoms in total. The van der Waals surface area contributed by atoms with Gasteiger partial charge < -0.3 is 9.64 Å². The summed E-state index contributed by atoms with van der Waals surface area (Å²) in [6, 6.07) is 23.7. The number of para-hydroxylation sites is 1. The summed E-state index contributed by atoms with van der Waals surface area (Å²) in [5.74, 6) is 0.348. The third-order valence-corrected chi connectivity index (χ3v) is 7.84. The number of sulfonamides is 1. The Morgan fingerprint density at radius 2 is 1.67 bits per heavy atom. The molecule has 4 rings (SSSR count). The third-order valence-electron chi connectivity index (χ3n) is 5.98. The zero-order valence-electron chi connectivity index (χ0n) is 18.8. The predicted molar refractivity (Wildman–Crippen MR) is 129 cm³/mol. The largest absolute Gasteiger partial charge is 0.497 e. The van der Waals surface area contributed by atoms with Crippen LogP contribution in [0.25, 0.3) is 0 Å². The van der Waals surface area contributed by atoms with Crippen LogP contribution in [0.2, 0.25) is 0 Å². The van der Waals surface area contributed by atoms with Gasteiger partial charge in [0.2, 0.25) is 15.9 Å². The van der Waals surface area contributed by atoms with E-state index in [4.69, 9.17) is 4.74 Å². The molecule has 0 spiro atoms. The van der Waals surface area contributed by atoms with Gasteiger partial charge >= 0.3 is 0 Å². The number of carbonyl (C=O) groups is 1. The summed E-state index contributed by atoms with van der Waals surface area (Å²) >= 11 is 0. The second-order valence-electron chi connectivity index (χ2n) is 8.20. The molecule has 0 aliphatic carbocycles. The molecule has 0 bridgehead atoms. The molecular weight excluding hydrogens is 436 g/mol. The van der Waals surface area contributed by atoms with Crippen LogP contribution in [0.1, 0.15) is 18.1 Å². The van der Waals surface area contributed by atoms with Crippen LogP contribution in [0.15, 0.2) is 83.8 Å². The molecule has 7 heteroatoms. The molecule has 0 unspecified atom stereocenters. The van der Waals surface area contributed by atoms with E-state index < -0.39 is 10.0 Å². The number of amides is 1. The zero-order chi connectivity index (χ0) is 23.4. The first-order valence-electron chi connectivity index (χ1n) is 11.0. The normalized spacial score (nSPS) is 15.5. The molecule has 3 aromatic carbocycles. The number of carbonyl (C=O) groups excluding carboxylic acids is 1. The lowest BCUT2D eigenvalue weighted by Crippen LogP contribution is -2.45. The molecule has 1 aliphatic rings. The molecule has 0 saturated carbocycles. The first-order valence-corrected chi connectivity index (χ1v) is 12.4. The zero-order valence-corrected chi connectivity index (χ0v) is 19.7. The van der Waals surface area contributed by atoms with Crippen LogP contribution in [0.4, 0.5) is 5.69 Å². The second-order valence-corrected chi connectivity index (χ2v) is 10.1. The lowest BCUT2D eigenvalue weighted by Gasteiger charge is -2.27. The first kappa shape index (κ1) is 23.0. The summed E-state index contributed by atoms with van der Waals surface area (Å²) in [6.07, 6.45) is 1.27. The Labute approximate surface area is 195 Å². The minimum atomic E-state index is -3.89. The molecule has 0 aromatic heterocycles. The van der Waals surface area contributed by atoms with E-state index >= 15 is 0 Å². The van der Waals surface area contributed by atoms with E-state index in [0.717, 1.165) is 23.2 Å². The minimum absolute atomic E-state index is 0.0189. The van der Waals surface area contributed by atoms with Gasteiger partial charge in [0.25, 0.3) is 0 Å². The van der Waals surface area contributed by atoms with Gasteiger partial charge in [-0.3, -0.25) is 4.79 Å². The van der Waals surface area contributed by atoms with Gasteiger partial charge in [0.05, 0.1) is 18.6 Å². The van der Waals surface area contributed by atoms with Crippen molar-refractivity contribution in [3.63, 3.8) is 0 Å². The van der Waals surface area contributed by atoms with Gasteiger partial charge in [0.15, 0.2) is 0 Å². The molecule has 1 heterocycles. The van der Waals surface area contributed by atoms with E-state index in [1.807, 2.05) is 61.5 Å². The van der Waals surface area contributed by atoms with Crippen molar-refractivity contribution in [3.05, 3.63) is 90.0 Å². The summed E-state index contributed by atoms with van der Waals surface area (Å²) < 4.78 is 33.5. The Morgan fingerprint density at radius 1 is 1.00 bits per heavy atom. The van der Waals surface area contributed by atoms with Crippen LogP contribution < -0.4 is 9.64 Å². The summed E-state index contributed by atoms with van der Waals surface area (Å²) in [5.41, 5.74) is 2.98. The van der Waals surface area contributed by atoms with Crippen molar-refractivity contribution in [2.45, 2.75) is 30.7 Å². The summed E-state index contributed by atoms with van der Waals surface area (Å²) in [6.45, 7) is 1.97. The average molecular weight is 465 g/mol. The molecule has 1 atom stereocenters. The van der Waals surface area contributed by atoms with E-state index in [-0.39, 0.29) is 29.9 Å². The SMILES string of the molecule is COc1ccc(S(=O)(=O)N(CCc2ccccc2)CC(=O)N2c3ccccc3C[C@H]2C)cc1. The van der Waals surface area contributed by atoms with Crippen LogP contribution in [0, 0.1) is 0 Å². The van der Waals surface area contributed by atoms with Crippen molar-refractivity contribution >= 4 is 21.6 Å². The predicted octanol–water partition coefficient (Wildman–Crippen LogP) is 3.91. The molecule has 3 aromatic rings. The van der Waals surface area contributed by atoms with Gasteiger partial charge in [-0.1, -0.05) is 48.5 Å². The van der Waals surface area contributed by atoms with E-state index in [1.165, 1.54) is 23.5 Å². The number of anilines is 1. The van der Waals surface area contributed by atoms with Gasteiger partial charge in [-0.15, -0.1) is 0 Å². The monoisotopic (exact) mass is 464 g/mol. The number of ether oxygens (including phenoxy) is 1. The van der Waals surface area contributed by atoms with Gasteiger partial charge in [-0.2, -0.15) is 4.31 Å². The number of methoxy groups -OCH3 is 1. The Hall–Kier alpha value is -3.16. The number of rotatable bonds is 8. The molecule has 33 heavy (non-hydrogen) atoms. The highest BCUT2D eigenvalue weighted by molar-refractivity contribution is 7.89. The highest BCUT2D eigenvalue weighted by Crippen LogP contribution is 2.32. The Balaban J connectivity index is 1.61. The first-order chi connectivity index (χ1) is 15.9. The second kappa shape index (κ2) is 9.77. The van der Waals surface area contributed by atoms with Crippen molar-refractivity contribution in [3.8, 4) is 5.75 Å². The Kier molecular flexibility index (Phi) is 6.81. The molecular formula is C26H28N2O4S. The fraction of sp³-hybridized carbons (Fsp3) is 0.269. The molecule has 0 radical (unpaired) electrons. The van der Waals surface area contributed by atoms with Crippen molar-refractivity contribution in [2.24, 2.45) is 0 Å². The lowest BCUT2D eigenvalue weighted by molar-refractivity contribution is -0.119. The Morgan fingerprint density at radius 3 is 2.36 bits per heavy atom. The van der Waals surface area contributed by atoms with Crippen molar-refractivity contribution in [1.29, 1.82) is 0 Å². The maximum atomic E-state index is 13.5. The number of nitrogens with zero attached hydrogens (tertiary/aromatic N) is 2. The molecule has 0 saturated heterocycles. The van der Waals surface area contributed by atoms with Gasteiger partial charge in [0, 0.05) is 18.3 Å². The van der Waals surface area contributed by atoms with Gasteiger partial charge in [0.1, 0.15) is 5.75 Å². The highest BCUT2D eigenvalue weighted by Gasteiger charge is 2.34. The van der Waals surface area contributed by atoms with E-state index in [2.05, 4.69) is 0 Å². The highest BCUT2D eigenvalue weighted by atomic mass is 32.2. The van der Waals surface area contributed by atoms with Crippen LogP contribution in [0.5, 0.6) is 5.75 Å². The molecule has 0 N–H and O–H groups in total. The maximum Gasteiger partial charge on any atom is 0.243 e.